The second-order valence-electron chi connectivity index (χ2n) is 12.3. The minimum atomic E-state index is -0.0588. The molecule has 5 heterocycles. The number of fused-ring (bicyclic) bond motifs is 4. The van der Waals surface area contributed by atoms with Crippen molar-refractivity contribution in [1.29, 1.82) is 0 Å². The van der Waals surface area contributed by atoms with Crippen LogP contribution in [0.15, 0.2) is 30.5 Å². The van der Waals surface area contributed by atoms with Crippen LogP contribution in [0.2, 0.25) is 0 Å². The molecule has 3 aliphatic rings. The minimum absolute atomic E-state index is 0.0526. The van der Waals surface area contributed by atoms with Crippen molar-refractivity contribution in [2.45, 2.75) is 77.8 Å². The Morgan fingerprint density at radius 3 is 2.69 bits per heavy atom. The predicted octanol–water partition coefficient (Wildman–Crippen LogP) is 3.89. The maximum atomic E-state index is 13.6. The van der Waals surface area contributed by atoms with Crippen molar-refractivity contribution in [3.8, 4) is 11.4 Å². The van der Waals surface area contributed by atoms with Crippen molar-refractivity contribution in [2.75, 3.05) is 19.6 Å². The summed E-state index contributed by atoms with van der Waals surface area (Å²) in [5.41, 5.74) is 1.83. The van der Waals surface area contributed by atoms with Gasteiger partial charge in [0, 0.05) is 50.8 Å². The molecule has 9 heteroatoms. The van der Waals surface area contributed by atoms with E-state index in [9.17, 15) is 14.4 Å². The number of carbonyl (C=O) groups is 3. The molecule has 0 aliphatic carbocycles. The minimum Gasteiger partial charge on any atom is -0.353 e. The lowest BCUT2D eigenvalue weighted by Gasteiger charge is -2.51. The first kappa shape index (κ1) is 27.3. The van der Waals surface area contributed by atoms with Gasteiger partial charge < -0.3 is 15.1 Å². The van der Waals surface area contributed by atoms with E-state index in [-0.39, 0.29) is 47.6 Å². The molecular formula is C30H42N6O3. The average molecular weight is 535 g/mol. The van der Waals surface area contributed by atoms with Crippen molar-refractivity contribution in [1.82, 2.24) is 30.3 Å². The normalized spacial score (nSPS) is 28.7. The Morgan fingerprint density at radius 2 is 1.92 bits per heavy atom. The molecular weight excluding hydrogens is 492 g/mol. The van der Waals surface area contributed by atoms with Crippen molar-refractivity contribution in [2.24, 2.45) is 23.7 Å². The van der Waals surface area contributed by atoms with Gasteiger partial charge in [-0.25, -0.2) is 0 Å². The molecule has 0 aromatic carbocycles. The number of nitrogens with zero attached hydrogens (tertiary/aromatic N) is 4. The number of carbonyl (C=O) groups excluding carboxylic acids is 3. The lowest BCUT2D eigenvalue weighted by atomic mass is 9.77. The second kappa shape index (κ2) is 11.9. The zero-order chi connectivity index (χ0) is 27.5. The molecule has 0 unspecified atom stereocenters. The maximum absolute atomic E-state index is 13.6. The van der Waals surface area contributed by atoms with Crippen LogP contribution in [0.4, 0.5) is 0 Å². The van der Waals surface area contributed by atoms with E-state index in [1.807, 2.05) is 23.1 Å². The lowest BCUT2D eigenvalue weighted by molar-refractivity contribution is -0.141. The van der Waals surface area contributed by atoms with Crippen molar-refractivity contribution in [3.05, 3.63) is 36.2 Å². The maximum Gasteiger partial charge on any atom is 0.271 e. The summed E-state index contributed by atoms with van der Waals surface area (Å²) in [6, 6.07) is 7.59. The van der Waals surface area contributed by atoms with Crippen LogP contribution in [-0.2, 0) is 9.59 Å². The molecule has 0 spiro atoms. The fourth-order valence-electron chi connectivity index (χ4n) is 6.72. The Balaban J connectivity index is 1.30. The van der Waals surface area contributed by atoms with Crippen molar-refractivity contribution < 1.29 is 14.4 Å². The van der Waals surface area contributed by atoms with Crippen LogP contribution >= 0.6 is 0 Å². The van der Waals surface area contributed by atoms with Crippen LogP contribution in [-0.4, -0.2) is 74.4 Å². The quantitative estimate of drug-likeness (QED) is 0.621. The SMILES string of the molecule is CC(C)[C@@H]1CC[C@@H](C)CC(=O)N2C[C@H]3C[C@@H](CN(C(=O)c4cc(-c5ccccn5)n[nH]4)C3)[C@@H]2CCCC(=O)N1. The Morgan fingerprint density at radius 1 is 1.08 bits per heavy atom. The Kier molecular flexibility index (Phi) is 8.33. The first-order valence-corrected chi connectivity index (χ1v) is 14.6. The van der Waals surface area contributed by atoms with E-state index in [1.165, 1.54) is 0 Å². The number of piperidine rings is 2. The highest BCUT2D eigenvalue weighted by Gasteiger charge is 2.44. The van der Waals surface area contributed by atoms with Gasteiger partial charge in [-0.05, 0) is 74.0 Å². The van der Waals surface area contributed by atoms with Gasteiger partial charge >= 0.3 is 0 Å². The Hall–Kier alpha value is -3.23. The zero-order valence-electron chi connectivity index (χ0n) is 23.4. The summed E-state index contributed by atoms with van der Waals surface area (Å²) >= 11 is 0. The lowest BCUT2D eigenvalue weighted by Crippen LogP contribution is -2.60. The number of pyridine rings is 1. The van der Waals surface area contributed by atoms with Crippen molar-refractivity contribution >= 4 is 17.7 Å². The third kappa shape index (κ3) is 6.34. The molecule has 210 valence electrons. The van der Waals surface area contributed by atoms with Gasteiger partial charge in [0.15, 0.2) is 0 Å². The van der Waals surface area contributed by atoms with Crippen LogP contribution in [0.25, 0.3) is 11.4 Å². The van der Waals surface area contributed by atoms with E-state index in [2.05, 4.69) is 46.2 Å². The number of aromatic nitrogens is 3. The first-order chi connectivity index (χ1) is 18.8. The van der Waals surface area contributed by atoms with Gasteiger partial charge in [0.2, 0.25) is 11.8 Å². The topological polar surface area (TPSA) is 111 Å². The molecule has 2 aromatic rings. The molecule has 0 radical (unpaired) electrons. The number of H-pyrrole nitrogens is 1. The van der Waals surface area contributed by atoms with Crippen molar-refractivity contribution in [3.63, 3.8) is 0 Å². The van der Waals surface area contributed by atoms with Gasteiger partial charge in [0.25, 0.3) is 5.91 Å². The van der Waals surface area contributed by atoms with Gasteiger partial charge in [0.05, 0.1) is 5.69 Å². The summed E-state index contributed by atoms with van der Waals surface area (Å²) in [4.78, 5) is 48.2. The molecule has 2 N–H and O–H groups in total. The van der Waals surface area contributed by atoms with Crippen LogP contribution < -0.4 is 5.32 Å². The highest BCUT2D eigenvalue weighted by Crippen LogP contribution is 2.37. The van der Waals surface area contributed by atoms with E-state index in [1.54, 1.807) is 12.3 Å². The fourth-order valence-corrected chi connectivity index (χ4v) is 6.72. The summed E-state index contributed by atoms with van der Waals surface area (Å²) in [6.07, 6.45) is 7.09. The van der Waals surface area contributed by atoms with Gasteiger partial charge in [-0.2, -0.15) is 5.10 Å². The Bertz CT molecular complexity index is 1160. The molecule has 3 saturated heterocycles. The predicted molar refractivity (Wildman–Crippen MR) is 148 cm³/mol. The third-order valence-corrected chi connectivity index (χ3v) is 8.86. The number of amides is 3. The molecule has 5 rings (SSSR count). The molecule has 5 atom stereocenters. The molecule has 9 nitrogen and oxygen atoms in total. The summed E-state index contributed by atoms with van der Waals surface area (Å²) in [5, 5.41) is 10.5. The summed E-state index contributed by atoms with van der Waals surface area (Å²) in [5.74, 6) is 1.38. The number of likely N-dealkylation sites (tertiary alicyclic amines) is 1. The smallest absolute Gasteiger partial charge is 0.271 e. The number of rotatable bonds is 3. The average Bonchev–Trinajstić information content (AvgIpc) is 3.42. The van der Waals surface area contributed by atoms with Crippen LogP contribution in [0.5, 0.6) is 0 Å². The van der Waals surface area contributed by atoms with Crippen LogP contribution in [0, 0.1) is 23.7 Å². The number of hydrogen-bond donors (Lipinski definition) is 2. The van der Waals surface area contributed by atoms with E-state index < -0.39 is 0 Å². The van der Waals surface area contributed by atoms with Gasteiger partial charge in [0.1, 0.15) is 11.4 Å². The monoisotopic (exact) mass is 534 g/mol. The summed E-state index contributed by atoms with van der Waals surface area (Å²) in [7, 11) is 0. The zero-order valence-corrected chi connectivity index (χ0v) is 23.4. The Labute approximate surface area is 231 Å². The van der Waals surface area contributed by atoms with E-state index in [0.29, 0.717) is 49.8 Å². The standard InChI is InChI=1S/C30H42N6O3/c1-19(2)23-11-10-20(3)13-29(38)36-17-21-14-22(27(36)8-6-9-28(37)32-23)18-35(16-21)30(39)26-15-25(33-34-26)24-7-4-5-12-31-24/h4-5,7,12,15,19-23,27H,6,8-11,13-14,16-18H2,1-3H3,(H,32,37)(H,33,34)/t20-,21+,22+,23+,27+/m1/s1. The number of nitrogens with one attached hydrogen (secondary N) is 2. The number of aromatic amines is 1. The van der Waals surface area contributed by atoms with Crippen LogP contribution in [0.1, 0.15) is 76.2 Å². The summed E-state index contributed by atoms with van der Waals surface area (Å²) < 4.78 is 0. The van der Waals surface area contributed by atoms with E-state index in [0.717, 1.165) is 37.8 Å². The molecule has 3 fully saturated rings. The molecule has 3 amide bonds. The van der Waals surface area contributed by atoms with Gasteiger partial charge in [-0.3, -0.25) is 24.5 Å². The molecule has 0 saturated carbocycles. The molecule has 2 aromatic heterocycles. The van der Waals surface area contributed by atoms with Crippen LogP contribution in [0.3, 0.4) is 0 Å². The third-order valence-electron chi connectivity index (χ3n) is 8.86. The number of hydrogen-bond acceptors (Lipinski definition) is 5. The van der Waals surface area contributed by atoms with Gasteiger partial charge in [-0.15, -0.1) is 0 Å². The fraction of sp³-hybridized carbons (Fsp3) is 0.633. The highest BCUT2D eigenvalue weighted by molar-refractivity contribution is 5.93. The molecule has 2 bridgehead atoms. The second-order valence-corrected chi connectivity index (χ2v) is 12.3. The van der Waals surface area contributed by atoms with E-state index >= 15 is 0 Å². The largest absolute Gasteiger partial charge is 0.353 e. The highest BCUT2D eigenvalue weighted by atomic mass is 16.2. The molecule has 39 heavy (non-hydrogen) atoms. The summed E-state index contributed by atoms with van der Waals surface area (Å²) in [6.45, 7) is 8.38. The molecule has 3 aliphatic heterocycles. The first-order valence-electron chi connectivity index (χ1n) is 14.6. The van der Waals surface area contributed by atoms with Gasteiger partial charge in [-0.1, -0.05) is 26.8 Å². The van der Waals surface area contributed by atoms with E-state index in [4.69, 9.17) is 0 Å².